The molecule has 3 rings (SSSR count). The quantitative estimate of drug-likeness (QED) is 0.504. The van der Waals surface area contributed by atoms with Crippen molar-refractivity contribution in [1.29, 1.82) is 0 Å². The highest BCUT2D eigenvalue weighted by molar-refractivity contribution is 7.90. The lowest BCUT2D eigenvalue weighted by molar-refractivity contribution is 0.175. The fourth-order valence-corrected chi connectivity index (χ4v) is 3.56. The summed E-state index contributed by atoms with van der Waals surface area (Å²) in [5.41, 5.74) is 0.977. The second-order valence-corrected chi connectivity index (χ2v) is 9.21. The summed E-state index contributed by atoms with van der Waals surface area (Å²) < 4.78 is 42.6. The molecule has 10 nitrogen and oxygen atoms in total. The summed E-state index contributed by atoms with van der Waals surface area (Å²) >= 11 is 0. The fourth-order valence-electron chi connectivity index (χ4n) is 2.02. The van der Waals surface area contributed by atoms with E-state index in [0.29, 0.717) is 32.7 Å². The van der Waals surface area contributed by atoms with Gasteiger partial charge in [0.25, 0.3) is 0 Å². The van der Waals surface area contributed by atoms with Gasteiger partial charge in [0.2, 0.25) is 20.0 Å². The van der Waals surface area contributed by atoms with E-state index >= 15 is 0 Å². The topological polar surface area (TPSA) is 161 Å². The molecule has 138 valence electrons. The lowest BCUT2D eigenvalue weighted by atomic mass is 10.2. The Bertz CT molecular complexity index is 720. The van der Waals surface area contributed by atoms with Crippen molar-refractivity contribution < 1.29 is 16.8 Å². The number of sulfonamides is 2. The zero-order valence-electron chi connectivity index (χ0n) is 12.8. The molecule has 1 aromatic rings. The zero-order chi connectivity index (χ0) is 17.1. The normalized spacial score (nSPS) is 19.2. The second kappa shape index (κ2) is 8.47. The molecular weight excluding hydrogens is 380 g/mol. The van der Waals surface area contributed by atoms with Gasteiger partial charge in [-0.05, 0) is 0 Å². The third-order valence-corrected chi connectivity index (χ3v) is 6.11. The van der Waals surface area contributed by atoms with E-state index in [0.717, 1.165) is 5.56 Å². The Morgan fingerprint density at radius 1 is 1.04 bits per heavy atom. The SMILES string of the molecule is Cl.NS(=O)(=O)C1CN(Cc2cncnc2)C1.NS(=O)(=O)C1CNC1. The molecule has 2 saturated heterocycles. The standard InChI is InChI=1S/C8H12N4O2S.C3H8N2O2S.ClH/c9-15(13,14)8-4-12(5-8)3-7-1-10-6-11-2-7;4-8(6,7)3-1-5-2-3;/h1-2,6,8H,3-5H2,(H2,9,13,14);3,5H,1-2H2,(H2,4,6,7);1H. The third-order valence-electron chi connectivity index (χ3n) is 3.62. The van der Waals surface area contributed by atoms with E-state index in [1.54, 1.807) is 12.4 Å². The molecule has 0 amide bonds. The molecule has 24 heavy (non-hydrogen) atoms. The van der Waals surface area contributed by atoms with Gasteiger partial charge in [0.1, 0.15) is 11.6 Å². The van der Waals surface area contributed by atoms with E-state index in [9.17, 15) is 16.8 Å². The smallest absolute Gasteiger partial charge is 0.214 e. The van der Waals surface area contributed by atoms with Crippen LogP contribution in [0.1, 0.15) is 5.56 Å². The number of hydrogen-bond acceptors (Lipinski definition) is 8. The van der Waals surface area contributed by atoms with Crippen molar-refractivity contribution in [3.8, 4) is 0 Å². The van der Waals surface area contributed by atoms with Crippen LogP contribution in [-0.4, -0.2) is 68.4 Å². The largest absolute Gasteiger partial charge is 0.314 e. The van der Waals surface area contributed by atoms with Crippen LogP contribution in [0.2, 0.25) is 0 Å². The highest BCUT2D eigenvalue weighted by Gasteiger charge is 2.34. The van der Waals surface area contributed by atoms with Gasteiger partial charge in [-0.25, -0.2) is 37.1 Å². The van der Waals surface area contributed by atoms with E-state index in [1.165, 1.54) is 6.33 Å². The number of nitrogens with two attached hydrogens (primary N) is 2. The summed E-state index contributed by atoms with van der Waals surface area (Å²) in [4.78, 5) is 9.76. The first-order chi connectivity index (χ1) is 10.7. The molecule has 2 fully saturated rings. The molecule has 0 aromatic carbocycles. The number of likely N-dealkylation sites (tertiary alicyclic amines) is 1. The summed E-state index contributed by atoms with van der Waals surface area (Å²) in [5.74, 6) is 0. The van der Waals surface area contributed by atoms with Gasteiger partial charge in [0, 0.05) is 50.7 Å². The van der Waals surface area contributed by atoms with E-state index in [2.05, 4.69) is 15.3 Å². The van der Waals surface area contributed by atoms with Gasteiger partial charge in [-0.2, -0.15) is 0 Å². The first kappa shape index (κ1) is 21.2. The number of hydrogen-bond donors (Lipinski definition) is 3. The predicted molar refractivity (Wildman–Crippen MR) is 91.2 cm³/mol. The van der Waals surface area contributed by atoms with E-state index in [-0.39, 0.29) is 17.7 Å². The summed E-state index contributed by atoms with van der Waals surface area (Å²) in [7, 11) is -6.59. The first-order valence-corrected chi connectivity index (χ1v) is 10.1. The van der Waals surface area contributed by atoms with Crippen molar-refractivity contribution in [3.63, 3.8) is 0 Å². The molecule has 0 spiro atoms. The molecule has 1 aromatic heterocycles. The van der Waals surface area contributed by atoms with Crippen LogP contribution in [0.15, 0.2) is 18.7 Å². The highest BCUT2D eigenvalue weighted by atomic mass is 35.5. The Morgan fingerprint density at radius 3 is 1.88 bits per heavy atom. The van der Waals surface area contributed by atoms with Crippen LogP contribution in [0.3, 0.4) is 0 Å². The van der Waals surface area contributed by atoms with Gasteiger partial charge in [0.15, 0.2) is 0 Å². The molecule has 5 N–H and O–H groups in total. The summed E-state index contributed by atoms with van der Waals surface area (Å²) in [6, 6.07) is 0. The van der Waals surface area contributed by atoms with E-state index in [4.69, 9.17) is 10.3 Å². The van der Waals surface area contributed by atoms with Crippen molar-refractivity contribution >= 4 is 32.5 Å². The summed E-state index contributed by atoms with van der Waals surface area (Å²) in [6.45, 7) is 2.69. The molecule has 0 bridgehead atoms. The molecular formula is C11H21ClN6O4S2. The van der Waals surface area contributed by atoms with Gasteiger partial charge in [-0.3, -0.25) is 4.90 Å². The van der Waals surface area contributed by atoms with Crippen LogP contribution in [0.4, 0.5) is 0 Å². The van der Waals surface area contributed by atoms with Crippen molar-refractivity contribution in [2.75, 3.05) is 26.2 Å². The van der Waals surface area contributed by atoms with E-state index < -0.39 is 25.3 Å². The lowest BCUT2D eigenvalue weighted by Crippen LogP contribution is -2.55. The van der Waals surface area contributed by atoms with Crippen LogP contribution >= 0.6 is 12.4 Å². The van der Waals surface area contributed by atoms with Crippen LogP contribution in [0.5, 0.6) is 0 Å². The molecule has 0 aliphatic carbocycles. The molecule has 3 heterocycles. The minimum absolute atomic E-state index is 0. The molecule has 2 aliphatic heterocycles. The van der Waals surface area contributed by atoms with Gasteiger partial charge >= 0.3 is 0 Å². The number of nitrogens with one attached hydrogen (secondary N) is 1. The van der Waals surface area contributed by atoms with Gasteiger partial charge < -0.3 is 5.32 Å². The lowest BCUT2D eigenvalue weighted by Gasteiger charge is -2.37. The summed E-state index contributed by atoms with van der Waals surface area (Å²) in [6.07, 6.45) is 4.90. The second-order valence-electron chi connectivity index (χ2n) is 5.52. The van der Waals surface area contributed by atoms with Gasteiger partial charge in [0.05, 0.1) is 5.25 Å². The Morgan fingerprint density at radius 2 is 1.54 bits per heavy atom. The minimum atomic E-state index is -3.36. The maximum absolute atomic E-state index is 10.9. The predicted octanol–water partition coefficient (Wildman–Crippen LogP) is -2.38. The Balaban J connectivity index is 0.000000273. The monoisotopic (exact) mass is 400 g/mol. The molecule has 13 heteroatoms. The zero-order valence-corrected chi connectivity index (χ0v) is 15.2. The van der Waals surface area contributed by atoms with E-state index in [1.807, 2.05) is 4.90 Å². The number of halogens is 1. The maximum Gasteiger partial charge on any atom is 0.214 e. The van der Waals surface area contributed by atoms with Crippen LogP contribution < -0.4 is 15.6 Å². The number of aromatic nitrogens is 2. The van der Waals surface area contributed by atoms with Gasteiger partial charge in [-0.1, -0.05) is 0 Å². The maximum atomic E-state index is 10.9. The molecule has 0 saturated carbocycles. The Kier molecular flexibility index (Phi) is 7.46. The third kappa shape index (κ3) is 6.20. The number of nitrogens with zero attached hydrogens (tertiary/aromatic N) is 3. The Labute approximate surface area is 147 Å². The average molecular weight is 401 g/mol. The van der Waals surface area contributed by atoms with Gasteiger partial charge in [-0.15, -0.1) is 12.4 Å². The fraction of sp³-hybridized carbons (Fsp3) is 0.636. The summed E-state index contributed by atoms with van der Waals surface area (Å²) in [5, 5.41) is 11.9. The minimum Gasteiger partial charge on any atom is -0.314 e. The Hall–Kier alpha value is -0.890. The van der Waals surface area contributed by atoms with Crippen molar-refractivity contribution in [3.05, 3.63) is 24.3 Å². The van der Waals surface area contributed by atoms with Crippen LogP contribution in [0, 0.1) is 0 Å². The number of rotatable bonds is 4. The first-order valence-electron chi connectivity index (χ1n) is 6.86. The molecule has 2 aliphatic rings. The highest BCUT2D eigenvalue weighted by Crippen LogP contribution is 2.16. The number of primary sulfonamides is 2. The molecule has 0 radical (unpaired) electrons. The van der Waals surface area contributed by atoms with Crippen molar-refractivity contribution in [2.24, 2.45) is 10.3 Å². The van der Waals surface area contributed by atoms with Crippen LogP contribution in [-0.2, 0) is 26.6 Å². The van der Waals surface area contributed by atoms with Crippen molar-refractivity contribution in [2.45, 2.75) is 17.0 Å². The van der Waals surface area contributed by atoms with Crippen molar-refractivity contribution in [1.82, 2.24) is 20.2 Å². The average Bonchev–Trinajstić information content (AvgIpc) is 2.29. The molecule has 0 atom stereocenters. The molecule has 0 unspecified atom stereocenters. The van der Waals surface area contributed by atoms with Crippen LogP contribution in [0.25, 0.3) is 0 Å².